The number of nitrogens with zero attached hydrogens (tertiary/aromatic N) is 1. The second-order valence-corrected chi connectivity index (χ2v) is 9.31. The number of hydrogen-bond donors (Lipinski definition) is 2. The number of urea groups is 1. The Balaban J connectivity index is 1.64. The summed E-state index contributed by atoms with van der Waals surface area (Å²) in [5, 5.41) is 12.3. The highest BCUT2D eigenvalue weighted by Crippen LogP contribution is 2.48. The minimum absolute atomic E-state index is 0.00551. The molecule has 1 aromatic rings. The number of ether oxygens (including phenoxy) is 1. The molecule has 2 aliphatic rings. The first kappa shape index (κ1) is 19.6. The van der Waals surface area contributed by atoms with E-state index in [1.165, 1.54) is 31.4 Å². The number of aliphatic carboxylic acids is 1. The summed E-state index contributed by atoms with van der Waals surface area (Å²) in [6.07, 6.45) is 2.31. The SMILES string of the molecule is COCCS(=O)(=O)c1ccc(NC(=O)N2C[C@@H]3CCC[C@@]3(C(=O)O)C2)cc1. The van der Waals surface area contributed by atoms with Gasteiger partial charge in [0, 0.05) is 25.9 Å². The molecule has 0 spiro atoms. The van der Waals surface area contributed by atoms with Crippen LogP contribution in [0, 0.1) is 11.3 Å². The number of carbonyl (C=O) groups is 2. The average molecular weight is 396 g/mol. The quantitative estimate of drug-likeness (QED) is 0.758. The first-order valence-electron chi connectivity index (χ1n) is 8.89. The number of rotatable bonds is 6. The fourth-order valence-electron chi connectivity index (χ4n) is 4.05. The number of amides is 2. The van der Waals surface area contributed by atoms with Crippen molar-refractivity contribution in [1.82, 2.24) is 4.90 Å². The van der Waals surface area contributed by atoms with E-state index in [0.29, 0.717) is 18.7 Å². The van der Waals surface area contributed by atoms with E-state index in [1.807, 2.05) is 0 Å². The van der Waals surface area contributed by atoms with Crippen LogP contribution in [-0.2, 0) is 19.4 Å². The number of methoxy groups -OCH3 is 1. The molecule has 0 radical (unpaired) electrons. The van der Waals surface area contributed by atoms with Gasteiger partial charge in [-0.2, -0.15) is 0 Å². The van der Waals surface area contributed by atoms with Crippen molar-refractivity contribution in [2.45, 2.75) is 24.2 Å². The van der Waals surface area contributed by atoms with Gasteiger partial charge in [0.15, 0.2) is 9.84 Å². The van der Waals surface area contributed by atoms with Crippen molar-refractivity contribution in [2.75, 3.05) is 37.9 Å². The highest BCUT2D eigenvalue weighted by atomic mass is 32.2. The summed E-state index contributed by atoms with van der Waals surface area (Å²) < 4.78 is 29.0. The standard InChI is InChI=1S/C18H24N2O6S/c1-26-9-10-27(24,25)15-6-4-14(5-7-15)19-17(23)20-11-13-3-2-8-18(13,12-20)16(21)22/h4-7,13H,2-3,8-12H2,1H3,(H,19,23)(H,21,22)/t13-,18+/m0/s1. The van der Waals surface area contributed by atoms with Gasteiger partial charge in [-0.3, -0.25) is 4.79 Å². The van der Waals surface area contributed by atoms with E-state index >= 15 is 0 Å². The first-order valence-corrected chi connectivity index (χ1v) is 10.5. The van der Waals surface area contributed by atoms with Crippen molar-refractivity contribution in [3.8, 4) is 0 Å². The predicted molar refractivity (Wildman–Crippen MR) is 98.4 cm³/mol. The molecule has 3 rings (SSSR count). The molecule has 0 aromatic heterocycles. The lowest BCUT2D eigenvalue weighted by Crippen LogP contribution is -2.38. The fraction of sp³-hybridized carbons (Fsp3) is 0.556. The minimum Gasteiger partial charge on any atom is -0.481 e. The molecule has 1 saturated carbocycles. The third-order valence-corrected chi connectivity index (χ3v) is 7.30. The lowest BCUT2D eigenvalue weighted by atomic mass is 9.81. The number of hydrogen-bond acceptors (Lipinski definition) is 5. The second-order valence-electron chi connectivity index (χ2n) is 7.20. The average Bonchev–Trinajstić information content (AvgIpc) is 3.19. The van der Waals surface area contributed by atoms with Crippen LogP contribution >= 0.6 is 0 Å². The normalized spacial score (nSPS) is 24.6. The number of anilines is 1. The maximum atomic E-state index is 12.5. The van der Waals surface area contributed by atoms with Crippen LogP contribution < -0.4 is 5.32 Å². The van der Waals surface area contributed by atoms with E-state index < -0.39 is 21.2 Å². The molecule has 9 heteroatoms. The zero-order chi connectivity index (χ0) is 19.7. The Morgan fingerprint density at radius 3 is 2.63 bits per heavy atom. The van der Waals surface area contributed by atoms with Gasteiger partial charge in [0.25, 0.3) is 0 Å². The Labute approximate surface area is 158 Å². The Bertz CT molecular complexity index is 823. The van der Waals surface area contributed by atoms with Gasteiger partial charge in [0.1, 0.15) is 0 Å². The molecule has 2 atom stereocenters. The van der Waals surface area contributed by atoms with E-state index in [2.05, 4.69) is 5.32 Å². The zero-order valence-corrected chi connectivity index (χ0v) is 16.0. The van der Waals surface area contributed by atoms with Gasteiger partial charge in [-0.25, -0.2) is 13.2 Å². The summed E-state index contributed by atoms with van der Waals surface area (Å²) in [4.78, 5) is 25.9. The number of nitrogens with one attached hydrogen (secondary N) is 1. The molecule has 1 aromatic carbocycles. The summed E-state index contributed by atoms with van der Waals surface area (Å²) >= 11 is 0. The van der Waals surface area contributed by atoms with Crippen molar-refractivity contribution < 1.29 is 27.9 Å². The fourth-order valence-corrected chi connectivity index (χ4v) is 5.23. The lowest BCUT2D eigenvalue weighted by Gasteiger charge is -2.23. The number of likely N-dealkylation sites (tertiary alicyclic amines) is 1. The maximum Gasteiger partial charge on any atom is 0.321 e. The summed E-state index contributed by atoms with van der Waals surface area (Å²) in [5.74, 6) is -0.943. The van der Waals surface area contributed by atoms with E-state index in [0.717, 1.165) is 12.8 Å². The van der Waals surface area contributed by atoms with Crippen LogP contribution in [0.4, 0.5) is 10.5 Å². The third kappa shape index (κ3) is 3.79. The third-order valence-electron chi connectivity index (χ3n) is 5.60. The molecular formula is C18H24N2O6S. The van der Waals surface area contributed by atoms with Gasteiger partial charge in [-0.1, -0.05) is 6.42 Å². The minimum atomic E-state index is -3.42. The molecule has 0 unspecified atom stereocenters. The van der Waals surface area contributed by atoms with Crippen LogP contribution in [0.3, 0.4) is 0 Å². The monoisotopic (exact) mass is 396 g/mol. The summed E-state index contributed by atoms with van der Waals surface area (Å²) in [5.41, 5.74) is -0.358. The van der Waals surface area contributed by atoms with Gasteiger partial charge in [-0.05, 0) is 43.0 Å². The van der Waals surface area contributed by atoms with Crippen LogP contribution in [-0.4, -0.2) is 63.0 Å². The van der Waals surface area contributed by atoms with Gasteiger partial charge in [0.05, 0.1) is 22.7 Å². The summed E-state index contributed by atoms with van der Waals surface area (Å²) in [7, 11) is -1.99. The van der Waals surface area contributed by atoms with Gasteiger partial charge in [-0.15, -0.1) is 0 Å². The molecule has 1 aliphatic carbocycles. The van der Waals surface area contributed by atoms with Gasteiger partial charge < -0.3 is 20.1 Å². The van der Waals surface area contributed by atoms with Crippen molar-refractivity contribution in [3.05, 3.63) is 24.3 Å². The lowest BCUT2D eigenvalue weighted by molar-refractivity contribution is -0.149. The van der Waals surface area contributed by atoms with Crippen LogP contribution in [0.1, 0.15) is 19.3 Å². The van der Waals surface area contributed by atoms with Crippen molar-refractivity contribution in [1.29, 1.82) is 0 Å². The molecule has 27 heavy (non-hydrogen) atoms. The van der Waals surface area contributed by atoms with Crippen LogP contribution in [0.5, 0.6) is 0 Å². The molecule has 1 saturated heterocycles. The Morgan fingerprint density at radius 2 is 2.04 bits per heavy atom. The van der Waals surface area contributed by atoms with Crippen LogP contribution in [0.15, 0.2) is 29.2 Å². The first-order chi connectivity index (χ1) is 12.8. The van der Waals surface area contributed by atoms with Crippen molar-refractivity contribution in [3.63, 3.8) is 0 Å². The van der Waals surface area contributed by atoms with Crippen molar-refractivity contribution in [2.24, 2.45) is 11.3 Å². The molecule has 2 N–H and O–H groups in total. The number of carboxylic acids is 1. The highest BCUT2D eigenvalue weighted by molar-refractivity contribution is 7.91. The molecular weight excluding hydrogens is 372 g/mol. The van der Waals surface area contributed by atoms with Gasteiger partial charge in [0.2, 0.25) is 0 Å². The molecule has 1 aliphatic heterocycles. The predicted octanol–water partition coefficient (Wildman–Crippen LogP) is 1.83. The van der Waals surface area contributed by atoms with E-state index in [1.54, 1.807) is 4.90 Å². The summed E-state index contributed by atoms with van der Waals surface area (Å²) in [6.45, 7) is 0.756. The van der Waals surface area contributed by atoms with Crippen LogP contribution in [0.2, 0.25) is 0 Å². The van der Waals surface area contributed by atoms with E-state index in [-0.39, 0.29) is 35.7 Å². The molecule has 0 bridgehead atoms. The molecule has 2 amide bonds. The molecule has 8 nitrogen and oxygen atoms in total. The zero-order valence-electron chi connectivity index (χ0n) is 15.2. The second kappa shape index (κ2) is 7.47. The molecule has 2 fully saturated rings. The number of sulfone groups is 1. The summed E-state index contributed by atoms with van der Waals surface area (Å²) in [6, 6.07) is 5.58. The largest absolute Gasteiger partial charge is 0.481 e. The molecule has 1 heterocycles. The van der Waals surface area contributed by atoms with Crippen LogP contribution in [0.25, 0.3) is 0 Å². The van der Waals surface area contributed by atoms with E-state index in [4.69, 9.17) is 4.74 Å². The van der Waals surface area contributed by atoms with E-state index in [9.17, 15) is 23.1 Å². The Morgan fingerprint density at radius 1 is 1.33 bits per heavy atom. The number of fused-ring (bicyclic) bond motifs is 1. The Hall–Kier alpha value is -2.13. The smallest absolute Gasteiger partial charge is 0.321 e. The highest BCUT2D eigenvalue weighted by Gasteiger charge is 2.55. The number of carbonyl (C=O) groups excluding carboxylic acids is 1. The Kier molecular flexibility index (Phi) is 5.43. The number of benzene rings is 1. The number of carboxylic acid groups (broad SMARTS) is 1. The van der Waals surface area contributed by atoms with Crippen molar-refractivity contribution >= 4 is 27.5 Å². The van der Waals surface area contributed by atoms with Gasteiger partial charge >= 0.3 is 12.0 Å². The molecule has 148 valence electrons. The topological polar surface area (TPSA) is 113 Å². The maximum absolute atomic E-state index is 12.5.